The normalized spacial score (nSPS) is 11.1. The Kier molecular flexibility index (Phi) is 8.26. The third kappa shape index (κ3) is 6.63. The van der Waals surface area contributed by atoms with Crippen molar-refractivity contribution in [1.29, 1.82) is 0 Å². The first kappa shape index (κ1) is 19.6. The van der Waals surface area contributed by atoms with Crippen LogP contribution in [0.15, 0.2) is 47.6 Å². The fourth-order valence-corrected chi connectivity index (χ4v) is 2.54. The number of rotatable bonds is 9. The van der Waals surface area contributed by atoms with E-state index in [4.69, 9.17) is 4.74 Å². The van der Waals surface area contributed by atoms with Gasteiger partial charge in [0, 0.05) is 38.4 Å². The fourth-order valence-electron chi connectivity index (χ4n) is 2.54. The SMILES string of the molecule is CN=C(NCCCCNc1ccccn1)NCc1ccc(C)cc1OC. The number of nitrogens with one attached hydrogen (secondary N) is 3. The van der Waals surface area contributed by atoms with Crippen molar-refractivity contribution in [3.63, 3.8) is 0 Å². The maximum atomic E-state index is 5.44. The number of hydrogen-bond donors (Lipinski definition) is 3. The molecule has 0 aliphatic heterocycles. The molecule has 0 saturated carbocycles. The minimum Gasteiger partial charge on any atom is -0.496 e. The Morgan fingerprint density at radius 3 is 2.69 bits per heavy atom. The van der Waals surface area contributed by atoms with Crippen LogP contribution in [0, 0.1) is 6.92 Å². The van der Waals surface area contributed by atoms with Gasteiger partial charge >= 0.3 is 0 Å². The monoisotopic (exact) mass is 355 g/mol. The Bertz CT molecular complexity index is 688. The van der Waals surface area contributed by atoms with Gasteiger partial charge in [0.15, 0.2) is 5.96 Å². The van der Waals surface area contributed by atoms with Crippen LogP contribution >= 0.6 is 0 Å². The van der Waals surface area contributed by atoms with Gasteiger partial charge in [0.2, 0.25) is 0 Å². The number of benzene rings is 1. The topological polar surface area (TPSA) is 70.6 Å². The van der Waals surface area contributed by atoms with Crippen LogP contribution in [0.4, 0.5) is 5.82 Å². The number of aryl methyl sites for hydroxylation is 1. The van der Waals surface area contributed by atoms with Crippen molar-refractivity contribution >= 4 is 11.8 Å². The zero-order chi connectivity index (χ0) is 18.6. The predicted octanol–water partition coefficient (Wildman–Crippen LogP) is 2.96. The van der Waals surface area contributed by atoms with E-state index < -0.39 is 0 Å². The molecule has 1 aromatic carbocycles. The Hall–Kier alpha value is -2.76. The van der Waals surface area contributed by atoms with Crippen LogP contribution in [0.3, 0.4) is 0 Å². The Morgan fingerprint density at radius 1 is 1.12 bits per heavy atom. The van der Waals surface area contributed by atoms with Crippen molar-refractivity contribution in [2.75, 3.05) is 32.6 Å². The number of aliphatic imine (C=N–C) groups is 1. The average Bonchev–Trinajstić information content (AvgIpc) is 2.68. The molecule has 0 atom stereocenters. The van der Waals surface area contributed by atoms with E-state index in [2.05, 4.69) is 45.0 Å². The van der Waals surface area contributed by atoms with Crippen LogP contribution in [0.2, 0.25) is 0 Å². The molecule has 0 spiro atoms. The van der Waals surface area contributed by atoms with Gasteiger partial charge in [-0.2, -0.15) is 0 Å². The second-order valence-corrected chi connectivity index (χ2v) is 6.02. The molecule has 0 radical (unpaired) electrons. The summed E-state index contributed by atoms with van der Waals surface area (Å²) in [6.07, 6.45) is 3.91. The van der Waals surface area contributed by atoms with Gasteiger partial charge in [-0.15, -0.1) is 0 Å². The summed E-state index contributed by atoms with van der Waals surface area (Å²) in [7, 11) is 3.48. The van der Waals surface area contributed by atoms with Crippen molar-refractivity contribution in [3.05, 3.63) is 53.7 Å². The second kappa shape index (κ2) is 11.0. The lowest BCUT2D eigenvalue weighted by Crippen LogP contribution is -2.37. The lowest BCUT2D eigenvalue weighted by atomic mass is 10.1. The Balaban J connectivity index is 1.65. The number of hydrogen-bond acceptors (Lipinski definition) is 4. The molecule has 0 fully saturated rings. The average molecular weight is 355 g/mol. The Labute approximate surface area is 156 Å². The van der Waals surface area contributed by atoms with E-state index in [9.17, 15) is 0 Å². The molecule has 0 amide bonds. The molecule has 26 heavy (non-hydrogen) atoms. The van der Waals surface area contributed by atoms with E-state index in [1.54, 1.807) is 20.4 Å². The van der Waals surface area contributed by atoms with Crippen molar-refractivity contribution in [1.82, 2.24) is 15.6 Å². The van der Waals surface area contributed by atoms with Crippen LogP contribution in [0.1, 0.15) is 24.0 Å². The molecule has 6 nitrogen and oxygen atoms in total. The quantitative estimate of drug-likeness (QED) is 0.366. The van der Waals surface area contributed by atoms with Gasteiger partial charge in [0.25, 0.3) is 0 Å². The van der Waals surface area contributed by atoms with Crippen molar-refractivity contribution in [2.45, 2.75) is 26.3 Å². The molecule has 140 valence electrons. The summed E-state index contributed by atoms with van der Waals surface area (Å²) in [6.45, 7) is 4.51. The highest BCUT2D eigenvalue weighted by molar-refractivity contribution is 5.79. The van der Waals surface area contributed by atoms with E-state index in [1.807, 2.05) is 24.3 Å². The molecule has 0 saturated heterocycles. The van der Waals surface area contributed by atoms with Crippen molar-refractivity contribution < 1.29 is 4.74 Å². The van der Waals surface area contributed by atoms with Gasteiger partial charge in [0.05, 0.1) is 7.11 Å². The number of unbranched alkanes of at least 4 members (excludes halogenated alkanes) is 1. The molecule has 0 unspecified atom stereocenters. The summed E-state index contributed by atoms with van der Waals surface area (Å²) >= 11 is 0. The zero-order valence-electron chi connectivity index (χ0n) is 15.9. The Morgan fingerprint density at radius 2 is 1.96 bits per heavy atom. The highest BCUT2D eigenvalue weighted by Gasteiger charge is 2.04. The predicted molar refractivity (Wildman–Crippen MR) is 108 cm³/mol. The van der Waals surface area contributed by atoms with Gasteiger partial charge < -0.3 is 20.7 Å². The number of methoxy groups -OCH3 is 1. The first-order valence-electron chi connectivity index (χ1n) is 8.96. The summed E-state index contributed by atoms with van der Waals surface area (Å²) in [4.78, 5) is 8.51. The molecule has 6 heteroatoms. The molecule has 2 aromatic rings. The van der Waals surface area contributed by atoms with Gasteiger partial charge in [-0.3, -0.25) is 4.99 Å². The van der Waals surface area contributed by atoms with Crippen LogP contribution in [0.25, 0.3) is 0 Å². The lowest BCUT2D eigenvalue weighted by Gasteiger charge is -2.14. The number of nitrogens with zero attached hydrogens (tertiary/aromatic N) is 2. The lowest BCUT2D eigenvalue weighted by molar-refractivity contribution is 0.408. The summed E-state index contributed by atoms with van der Waals surface area (Å²) < 4.78 is 5.44. The number of guanidine groups is 1. The third-order valence-corrected chi connectivity index (χ3v) is 3.98. The maximum Gasteiger partial charge on any atom is 0.191 e. The number of pyridine rings is 1. The van der Waals surface area contributed by atoms with E-state index in [-0.39, 0.29) is 0 Å². The van der Waals surface area contributed by atoms with E-state index in [0.29, 0.717) is 6.54 Å². The van der Waals surface area contributed by atoms with Gasteiger partial charge in [-0.1, -0.05) is 18.2 Å². The molecular weight excluding hydrogens is 326 g/mol. The summed E-state index contributed by atoms with van der Waals surface area (Å²) in [5.74, 6) is 2.61. The standard InChI is InChI=1S/C20H29N5O/c1-16-9-10-17(18(14-16)26-3)15-25-20(21-2)24-13-7-6-12-23-19-8-4-5-11-22-19/h4-5,8-11,14H,6-7,12-13,15H2,1-3H3,(H,22,23)(H2,21,24,25). The summed E-state index contributed by atoms with van der Waals surface area (Å²) in [5, 5.41) is 9.98. The van der Waals surface area contributed by atoms with E-state index >= 15 is 0 Å². The van der Waals surface area contributed by atoms with Gasteiger partial charge in [0.1, 0.15) is 11.6 Å². The van der Waals surface area contributed by atoms with Crippen LogP contribution in [0.5, 0.6) is 5.75 Å². The molecule has 3 N–H and O–H groups in total. The van der Waals surface area contributed by atoms with Crippen molar-refractivity contribution in [3.8, 4) is 5.75 Å². The summed E-state index contributed by atoms with van der Waals surface area (Å²) in [5.41, 5.74) is 2.30. The molecule has 2 rings (SSSR count). The first-order valence-corrected chi connectivity index (χ1v) is 8.96. The maximum absolute atomic E-state index is 5.44. The highest BCUT2D eigenvalue weighted by atomic mass is 16.5. The van der Waals surface area contributed by atoms with Crippen molar-refractivity contribution in [2.24, 2.45) is 4.99 Å². The zero-order valence-corrected chi connectivity index (χ0v) is 15.9. The second-order valence-electron chi connectivity index (χ2n) is 6.02. The first-order chi connectivity index (χ1) is 12.7. The number of anilines is 1. The minimum absolute atomic E-state index is 0.671. The van der Waals surface area contributed by atoms with E-state index in [1.165, 1.54) is 5.56 Å². The van der Waals surface area contributed by atoms with Gasteiger partial charge in [-0.25, -0.2) is 4.98 Å². The summed E-state index contributed by atoms with van der Waals surface area (Å²) in [6, 6.07) is 12.1. The van der Waals surface area contributed by atoms with Crippen LogP contribution < -0.4 is 20.7 Å². The number of aromatic nitrogens is 1. The highest BCUT2D eigenvalue weighted by Crippen LogP contribution is 2.19. The van der Waals surface area contributed by atoms with Crippen LogP contribution in [-0.2, 0) is 6.54 Å². The molecule has 0 aliphatic carbocycles. The smallest absolute Gasteiger partial charge is 0.191 e. The van der Waals surface area contributed by atoms with Crippen LogP contribution in [-0.4, -0.2) is 38.2 Å². The molecule has 0 aliphatic rings. The largest absolute Gasteiger partial charge is 0.496 e. The molecule has 1 aromatic heterocycles. The third-order valence-electron chi connectivity index (χ3n) is 3.98. The molecular formula is C20H29N5O. The molecule has 1 heterocycles. The van der Waals surface area contributed by atoms with E-state index in [0.717, 1.165) is 49.0 Å². The molecule has 0 bridgehead atoms. The fraction of sp³-hybridized carbons (Fsp3) is 0.400. The minimum atomic E-state index is 0.671. The van der Waals surface area contributed by atoms with Gasteiger partial charge in [-0.05, 0) is 43.5 Å². The number of ether oxygens (including phenoxy) is 1.